The van der Waals surface area contributed by atoms with Crippen molar-refractivity contribution in [2.24, 2.45) is 0 Å². The summed E-state index contributed by atoms with van der Waals surface area (Å²) in [5.74, 6) is -0.287. The van der Waals surface area contributed by atoms with Crippen molar-refractivity contribution < 1.29 is 22.8 Å². The van der Waals surface area contributed by atoms with Crippen molar-refractivity contribution in [3.05, 3.63) is 69.2 Å². The minimum Gasteiger partial charge on any atom is -0.317 e. The SMILES string of the molecule is Cl.O=C1SC(=Cc2ccc3c(cnn3Cc3ccc(Cl)cc3C(F)(F)F)c2)C(=O)N1C1CCNCC1. The van der Waals surface area contributed by atoms with Crippen LogP contribution < -0.4 is 5.32 Å². The molecule has 2 fully saturated rings. The molecule has 36 heavy (non-hydrogen) atoms. The Balaban J connectivity index is 0.00000304. The van der Waals surface area contributed by atoms with Crippen molar-refractivity contribution in [2.75, 3.05) is 13.1 Å². The summed E-state index contributed by atoms with van der Waals surface area (Å²) in [5.41, 5.74) is 0.612. The molecule has 2 amide bonds. The van der Waals surface area contributed by atoms with E-state index in [-0.39, 0.29) is 46.7 Å². The van der Waals surface area contributed by atoms with Crippen molar-refractivity contribution in [3.63, 3.8) is 0 Å². The molecule has 0 unspecified atom stereocenters. The molecule has 0 atom stereocenters. The van der Waals surface area contributed by atoms with Gasteiger partial charge in [-0.2, -0.15) is 18.3 Å². The van der Waals surface area contributed by atoms with Crippen LogP contribution in [0.3, 0.4) is 0 Å². The first-order chi connectivity index (χ1) is 16.7. The minimum absolute atomic E-state index is 0. The number of hydrogen-bond donors (Lipinski definition) is 1. The number of hydrogen-bond acceptors (Lipinski definition) is 5. The zero-order chi connectivity index (χ0) is 24.7. The van der Waals surface area contributed by atoms with Gasteiger partial charge in [0.1, 0.15) is 0 Å². The number of piperidine rings is 1. The zero-order valence-corrected chi connectivity index (χ0v) is 21.1. The van der Waals surface area contributed by atoms with Crippen LogP contribution in [-0.4, -0.2) is 45.0 Å². The Morgan fingerprint density at radius 3 is 2.61 bits per heavy atom. The van der Waals surface area contributed by atoms with Gasteiger partial charge in [-0.05, 0) is 79.2 Å². The van der Waals surface area contributed by atoms with Crippen molar-refractivity contribution in [1.82, 2.24) is 20.0 Å². The van der Waals surface area contributed by atoms with Gasteiger partial charge in [-0.15, -0.1) is 12.4 Å². The molecule has 3 aromatic rings. The highest BCUT2D eigenvalue weighted by molar-refractivity contribution is 8.18. The van der Waals surface area contributed by atoms with Gasteiger partial charge in [0, 0.05) is 16.5 Å². The summed E-state index contributed by atoms with van der Waals surface area (Å²) in [4.78, 5) is 27.1. The molecule has 2 aliphatic heterocycles. The van der Waals surface area contributed by atoms with Gasteiger partial charge in [-0.3, -0.25) is 19.2 Å². The molecule has 1 N–H and O–H groups in total. The number of carbonyl (C=O) groups excluding carboxylic acids is 2. The molecule has 6 nitrogen and oxygen atoms in total. The molecule has 2 aromatic carbocycles. The van der Waals surface area contributed by atoms with Crippen molar-refractivity contribution in [1.29, 1.82) is 0 Å². The van der Waals surface area contributed by atoms with E-state index < -0.39 is 11.7 Å². The number of amides is 2. The molecule has 0 radical (unpaired) electrons. The third-order valence-electron chi connectivity index (χ3n) is 6.16. The fourth-order valence-electron chi connectivity index (χ4n) is 4.44. The van der Waals surface area contributed by atoms with Gasteiger partial charge in [0.2, 0.25) is 0 Å². The number of halogens is 5. The average Bonchev–Trinajstić information content (AvgIpc) is 3.34. The third-order valence-corrected chi connectivity index (χ3v) is 7.28. The van der Waals surface area contributed by atoms with E-state index in [1.54, 1.807) is 30.5 Å². The Morgan fingerprint density at radius 2 is 1.89 bits per heavy atom. The summed E-state index contributed by atoms with van der Waals surface area (Å²) in [7, 11) is 0. The second-order valence-corrected chi connectivity index (χ2v) is 9.88. The van der Waals surface area contributed by atoms with E-state index in [0.717, 1.165) is 43.8 Å². The topological polar surface area (TPSA) is 67.2 Å². The number of benzene rings is 2. The van der Waals surface area contributed by atoms with Crippen molar-refractivity contribution in [3.8, 4) is 0 Å². The van der Waals surface area contributed by atoms with Gasteiger partial charge >= 0.3 is 6.18 Å². The first kappa shape index (κ1) is 26.5. The molecule has 190 valence electrons. The monoisotopic (exact) mass is 556 g/mol. The second-order valence-electron chi connectivity index (χ2n) is 8.45. The quantitative estimate of drug-likeness (QED) is 0.401. The number of fused-ring (bicyclic) bond motifs is 1. The van der Waals surface area contributed by atoms with E-state index in [2.05, 4.69) is 10.4 Å². The molecule has 5 rings (SSSR count). The lowest BCUT2D eigenvalue weighted by molar-refractivity contribution is -0.138. The molecule has 2 saturated heterocycles. The number of nitrogens with one attached hydrogen (secondary N) is 1. The Labute approximate surface area is 220 Å². The second kappa shape index (κ2) is 10.5. The van der Waals surface area contributed by atoms with E-state index >= 15 is 0 Å². The normalized spacial score (nSPS) is 18.3. The molecule has 3 heterocycles. The summed E-state index contributed by atoms with van der Waals surface area (Å²) >= 11 is 6.71. The summed E-state index contributed by atoms with van der Waals surface area (Å²) in [6.07, 6.45) is 0.175. The van der Waals surface area contributed by atoms with Crippen LogP contribution in [0, 0.1) is 0 Å². The van der Waals surface area contributed by atoms with E-state index in [1.807, 2.05) is 0 Å². The average molecular weight is 557 g/mol. The molecular formula is C24H21Cl2F3N4O2S. The van der Waals surface area contributed by atoms with Crippen LogP contribution in [0.5, 0.6) is 0 Å². The number of nitrogens with zero attached hydrogens (tertiary/aromatic N) is 3. The Morgan fingerprint density at radius 1 is 1.14 bits per heavy atom. The van der Waals surface area contributed by atoms with Crippen LogP contribution in [0.2, 0.25) is 5.02 Å². The first-order valence-electron chi connectivity index (χ1n) is 11.0. The van der Waals surface area contributed by atoms with Crippen molar-refractivity contribution >= 4 is 63.9 Å². The number of thioether (sulfide) groups is 1. The Hall–Kier alpha value is -2.53. The van der Waals surface area contributed by atoms with Crippen LogP contribution in [0.4, 0.5) is 18.0 Å². The highest BCUT2D eigenvalue weighted by Gasteiger charge is 2.40. The number of rotatable bonds is 4. The summed E-state index contributed by atoms with van der Waals surface area (Å²) in [6, 6.07) is 8.89. The highest BCUT2D eigenvalue weighted by atomic mass is 35.5. The van der Waals surface area contributed by atoms with Crippen LogP contribution >= 0.6 is 35.8 Å². The maximum Gasteiger partial charge on any atom is 0.416 e. The van der Waals surface area contributed by atoms with Crippen LogP contribution in [0.15, 0.2) is 47.5 Å². The van der Waals surface area contributed by atoms with Gasteiger partial charge in [-0.1, -0.05) is 23.7 Å². The van der Waals surface area contributed by atoms with Gasteiger partial charge in [0.15, 0.2) is 0 Å². The molecule has 0 aliphatic carbocycles. The minimum atomic E-state index is -4.53. The van der Waals surface area contributed by atoms with Gasteiger partial charge < -0.3 is 5.32 Å². The predicted molar refractivity (Wildman–Crippen MR) is 136 cm³/mol. The fraction of sp³-hybridized carbons (Fsp3) is 0.292. The van der Waals surface area contributed by atoms with Gasteiger partial charge in [-0.25, -0.2) is 0 Å². The Bertz CT molecular complexity index is 1350. The Kier molecular flexibility index (Phi) is 7.70. The molecule has 0 saturated carbocycles. The molecule has 1 aromatic heterocycles. The zero-order valence-electron chi connectivity index (χ0n) is 18.7. The summed E-state index contributed by atoms with van der Waals surface area (Å²) in [5, 5.41) is 7.95. The maximum atomic E-state index is 13.5. The lowest BCUT2D eigenvalue weighted by Gasteiger charge is -2.29. The number of aromatic nitrogens is 2. The van der Waals surface area contributed by atoms with Crippen LogP contribution in [-0.2, 0) is 17.5 Å². The third kappa shape index (κ3) is 5.27. The molecule has 0 spiro atoms. The molecule has 2 aliphatic rings. The van der Waals surface area contributed by atoms with Gasteiger partial charge in [0.25, 0.3) is 11.1 Å². The van der Waals surface area contributed by atoms with E-state index in [9.17, 15) is 22.8 Å². The molecule has 0 bridgehead atoms. The number of alkyl halides is 3. The highest BCUT2D eigenvalue weighted by Crippen LogP contribution is 2.36. The van der Waals surface area contributed by atoms with E-state index in [0.29, 0.717) is 21.4 Å². The predicted octanol–water partition coefficient (Wildman–Crippen LogP) is 5.97. The van der Waals surface area contributed by atoms with Gasteiger partial charge in [0.05, 0.1) is 28.7 Å². The lowest BCUT2D eigenvalue weighted by atomic mass is 10.1. The number of carbonyl (C=O) groups is 2. The first-order valence-corrected chi connectivity index (χ1v) is 12.2. The molecule has 12 heteroatoms. The fourth-order valence-corrected chi connectivity index (χ4v) is 5.52. The number of imide groups is 1. The van der Waals surface area contributed by atoms with Crippen molar-refractivity contribution in [2.45, 2.75) is 31.6 Å². The van der Waals surface area contributed by atoms with Crippen LogP contribution in [0.1, 0.15) is 29.5 Å². The molecular weight excluding hydrogens is 536 g/mol. The summed E-state index contributed by atoms with van der Waals surface area (Å²) in [6.45, 7) is 1.46. The standard InChI is InChI=1S/C24H20ClF3N4O2S.ClH/c25-17-3-2-15(19(11-17)24(26,27)28)13-31-20-4-1-14(9-16(20)12-30-31)10-21-22(33)32(23(34)35-21)18-5-7-29-8-6-18;/h1-4,9-12,18,29H,5-8,13H2;1H. The van der Waals surface area contributed by atoms with Crippen LogP contribution in [0.25, 0.3) is 17.0 Å². The largest absolute Gasteiger partial charge is 0.416 e. The lowest BCUT2D eigenvalue weighted by Crippen LogP contribution is -2.45. The smallest absolute Gasteiger partial charge is 0.317 e. The van der Waals surface area contributed by atoms with E-state index in [1.165, 1.54) is 21.7 Å². The summed E-state index contributed by atoms with van der Waals surface area (Å²) < 4.78 is 41.9. The maximum absolute atomic E-state index is 13.5. The van der Waals surface area contributed by atoms with E-state index in [4.69, 9.17) is 11.6 Å².